The Kier molecular flexibility index (Phi) is 7.37. The van der Waals surface area contributed by atoms with Gasteiger partial charge in [0.1, 0.15) is 0 Å². The van der Waals surface area contributed by atoms with Gasteiger partial charge in [0.05, 0.1) is 12.6 Å². The van der Waals surface area contributed by atoms with Gasteiger partial charge >= 0.3 is 0 Å². The maximum Gasteiger partial charge on any atom is 0.251 e. The highest BCUT2D eigenvalue weighted by Crippen LogP contribution is 2.04. The third kappa shape index (κ3) is 4.04. The van der Waals surface area contributed by atoms with Crippen LogP contribution in [0.1, 0.15) is 26.7 Å². The first-order valence-electron chi connectivity index (χ1n) is 5.06. The zero-order valence-corrected chi connectivity index (χ0v) is 8.99. The molecule has 0 saturated carbocycles. The van der Waals surface area contributed by atoms with Crippen molar-refractivity contribution in [3.05, 3.63) is 0 Å². The fourth-order valence-electron chi connectivity index (χ4n) is 1.54. The van der Waals surface area contributed by atoms with Crippen LogP contribution in [0.15, 0.2) is 0 Å². The molecule has 0 rings (SSSR count). The van der Waals surface area contributed by atoms with E-state index in [2.05, 4.69) is 5.43 Å². The van der Waals surface area contributed by atoms with Crippen molar-refractivity contribution in [1.29, 1.82) is 0 Å². The molecule has 5 nitrogen and oxygen atoms in total. The molecular weight excluding hydrogens is 182 g/mol. The summed E-state index contributed by atoms with van der Waals surface area (Å²) >= 11 is 0. The number of hydrazine groups is 1. The average molecular weight is 203 g/mol. The van der Waals surface area contributed by atoms with E-state index in [-0.39, 0.29) is 18.6 Å². The molecule has 5 heteroatoms. The highest BCUT2D eigenvalue weighted by atomic mass is 16.3. The van der Waals surface area contributed by atoms with E-state index in [1.807, 2.05) is 18.7 Å². The summed E-state index contributed by atoms with van der Waals surface area (Å²) in [6.07, 6.45) is 1.65. The Morgan fingerprint density at radius 1 is 1.50 bits per heavy atom. The molecule has 84 valence electrons. The van der Waals surface area contributed by atoms with Crippen molar-refractivity contribution in [1.82, 2.24) is 10.3 Å². The van der Waals surface area contributed by atoms with Crippen LogP contribution in [0.3, 0.4) is 0 Å². The molecule has 0 saturated heterocycles. The second-order valence-corrected chi connectivity index (χ2v) is 3.19. The van der Waals surface area contributed by atoms with E-state index in [1.54, 1.807) is 0 Å². The molecule has 0 aliphatic carbocycles. The van der Waals surface area contributed by atoms with Crippen molar-refractivity contribution in [2.75, 3.05) is 19.7 Å². The molecule has 0 fully saturated rings. The van der Waals surface area contributed by atoms with Gasteiger partial charge in [-0.05, 0) is 19.4 Å². The second-order valence-electron chi connectivity index (χ2n) is 3.19. The number of hydrogen-bond acceptors (Lipinski definition) is 4. The first-order valence-corrected chi connectivity index (χ1v) is 5.06. The molecule has 1 atom stereocenters. The van der Waals surface area contributed by atoms with Crippen LogP contribution in [0, 0.1) is 0 Å². The summed E-state index contributed by atoms with van der Waals surface area (Å²) in [4.78, 5) is 13.3. The third-order valence-corrected chi connectivity index (χ3v) is 2.17. The van der Waals surface area contributed by atoms with Gasteiger partial charge in [-0.15, -0.1) is 0 Å². The Labute approximate surface area is 85.2 Å². The number of rotatable bonds is 7. The van der Waals surface area contributed by atoms with Crippen LogP contribution < -0.4 is 11.3 Å². The summed E-state index contributed by atoms with van der Waals surface area (Å²) in [7, 11) is 0. The van der Waals surface area contributed by atoms with Crippen molar-refractivity contribution in [3.63, 3.8) is 0 Å². The van der Waals surface area contributed by atoms with Crippen molar-refractivity contribution in [2.24, 2.45) is 5.84 Å². The highest BCUT2D eigenvalue weighted by molar-refractivity contribution is 5.81. The Morgan fingerprint density at radius 2 is 2.14 bits per heavy atom. The predicted molar refractivity (Wildman–Crippen MR) is 55.4 cm³/mol. The van der Waals surface area contributed by atoms with Gasteiger partial charge in [0.15, 0.2) is 0 Å². The van der Waals surface area contributed by atoms with Crippen molar-refractivity contribution < 1.29 is 9.90 Å². The Balaban J connectivity index is 4.31. The first kappa shape index (κ1) is 13.4. The first-order chi connectivity index (χ1) is 6.71. The molecule has 0 aromatic rings. The van der Waals surface area contributed by atoms with Gasteiger partial charge in [0.25, 0.3) is 5.91 Å². The van der Waals surface area contributed by atoms with Gasteiger partial charge in [-0.2, -0.15) is 0 Å². The second kappa shape index (κ2) is 7.73. The number of aliphatic hydroxyl groups excluding tert-OH is 1. The largest absolute Gasteiger partial charge is 0.395 e. The monoisotopic (exact) mass is 203 g/mol. The molecule has 0 aliphatic rings. The lowest BCUT2D eigenvalue weighted by Crippen LogP contribution is -2.49. The summed E-state index contributed by atoms with van der Waals surface area (Å²) < 4.78 is 0. The van der Waals surface area contributed by atoms with Crippen molar-refractivity contribution >= 4 is 5.91 Å². The fraction of sp³-hybridized carbons (Fsp3) is 0.889. The van der Waals surface area contributed by atoms with Gasteiger partial charge in [-0.1, -0.05) is 13.8 Å². The molecule has 0 aliphatic heterocycles. The quantitative estimate of drug-likeness (QED) is 0.295. The van der Waals surface area contributed by atoms with Crippen LogP contribution in [0.2, 0.25) is 0 Å². The smallest absolute Gasteiger partial charge is 0.251 e. The molecule has 1 unspecified atom stereocenters. The summed E-state index contributed by atoms with van der Waals surface area (Å²) in [5.41, 5.74) is 2.15. The van der Waals surface area contributed by atoms with Gasteiger partial charge in [-0.25, -0.2) is 5.84 Å². The molecule has 0 heterocycles. The standard InChI is InChI=1S/C9H21N3O2/c1-3-5-12(6-7-13)8(4-2)9(14)11-10/h8,13H,3-7,10H2,1-2H3,(H,11,14). The molecule has 4 N–H and O–H groups in total. The number of nitrogens with two attached hydrogens (primary N) is 1. The molecule has 14 heavy (non-hydrogen) atoms. The summed E-state index contributed by atoms with van der Waals surface area (Å²) in [6.45, 7) is 5.35. The Hall–Kier alpha value is -0.650. The number of hydrogen-bond donors (Lipinski definition) is 3. The number of amides is 1. The summed E-state index contributed by atoms with van der Waals surface area (Å²) in [5.74, 6) is 4.90. The molecule has 1 amide bonds. The zero-order valence-electron chi connectivity index (χ0n) is 8.99. The van der Waals surface area contributed by atoms with Crippen LogP contribution in [-0.2, 0) is 4.79 Å². The molecule has 0 radical (unpaired) electrons. The van der Waals surface area contributed by atoms with Crippen LogP contribution in [0.4, 0.5) is 0 Å². The van der Waals surface area contributed by atoms with Gasteiger partial charge in [-0.3, -0.25) is 15.1 Å². The van der Waals surface area contributed by atoms with Gasteiger partial charge in [0.2, 0.25) is 0 Å². The Morgan fingerprint density at radius 3 is 2.50 bits per heavy atom. The minimum Gasteiger partial charge on any atom is -0.395 e. The average Bonchev–Trinajstić information content (AvgIpc) is 2.19. The van der Waals surface area contributed by atoms with Crippen LogP contribution in [0.5, 0.6) is 0 Å². The van der Waals surface area contributed by atoms with E-state index in [0.29, 0.717) is 13.0 Å². The predicted octanol–water partition coefficient (Wildman–Crippen LogP) is -0.541. The molecule has 0 spiro atoms. The molecule has 0 bridgehead atoms. The maximum atomic E-state index is 11.4. The number of carbonyl (C=O) groups is 1. The van der Waals surface area contributed by atoms with Crippen molar-refractivity contribution in [2.45, 2.75) is 32.7 Å². The molecule has 0 aromatic heterocycles. The minimum absolute atomic E-state index is 0.0638. The summed E-state index contributed by atoms with van der Waals surface area (Å²) in [6, 6.07) is -0.230. The lowest BCUT2D eigenvalue weighted by atomic mass is 10.1. The normalized spacial score (nSPS) is 12.9. The molecule has 0 aromatic carbocycles. The van der Waals surface area contributed by atoms with E-state index in [9.17, 15) is 4.79 Å². The van der Waals surface area contributed by atoms with E-state index in [0.717, 1.165) is 13.0 Å². The SMILES string of the molecule is CCCN(CCO)C(CC)C(=O)NN. The topological polar surface area (TPSA) is 78.6 Å². The fourth-order valence-corrected chi connectivity index (χ4v) is 1.54. The van der Waals surface area contributed by atoms with Crippen LogP contribution >= 0.6 is 0 Å². The lowest BCUT2D eigenvalue weighted by molar-refractivity contribution is -0.126. The number of nitrogens with one attached hydrogen (secondary N) is 1. The summed E-state index contributed by atoms with van der Waals surface area (Å²) in [5, 5.41) is 8.86. The Bertz CT molecular complexity index is 158. The van der Waals surface area contributed by atoms with Gasteiger partial charge in [0, 0.05) is 6.54 Å². The zero-order chi connectivity index (χ0) is 11.0. The number of nitrogens with zero attached hydrogens (tertiary/aromatic N) is 1. The lowest BCUT2D eigenvalue weighted by Gasteiger charge is -2.28. The number of aliphatic hydroxyl groups is 1. The minimum atomic E-state index is -0.230. The third-order valence-electron chi connectivity index (χ3n) is 2.17. The van der Waals surface area contributed by atoms with Gasteiger partial charge < -0.3 is 5.11 Å². The van der Waals surface area contributed by atoms with E-state index in [4.69, 9.17) is 10.9 Å². The van der Waals surface area contributed by atoms with Crippen LogP contribution in [0.25, 0.3) is 0 Å². The van der Waals surface area contributed by atoms with E-state index >= 15 is 0 Å². The van der Waals surface area contributed by atoms with E-state index < -0.39 is 0 Å². The molecular formula is C9H21N3O2. The van der Waals surface area contributed by atoms with Crippen LogP contribution in [-0.4, -0.2) is 41.7 Å². The maximum absolute atomic E-state index is 11.4. The number of carbonyl (C=O) groups excluding carboxylic acids is 1. The van der Waals surface area contributed by atoms with E-state index in [1.165, 1.54) is 0 Å². The highest BCUT2D eigenvalue weighted by Gasteiger charge is 2.22. The van der Waals surface area contributed by atoms with Crippen molar-refractivity contribution in [3.8, 4) is 0 Å².